The Morgan fingerprint density at radius 2 is 1.82 bits per heavy atom. The number of hydrogen-bond acceptors (Lipinski definition) is 1. The van der Waals surface area contributed by atoms with Crippen molar-refractivity contribution in [3.05, 3.63) is 42.0 Å². The molecule has 0 amide bonds. The van der Waals surface area contributed by atoms with E-state index in [-0.39, 0.29) is 0 Å². The number of hydrogen-bond donors (Lipinski definition) is 1. The molecule has 0 spiro atoms. The zero-order chi connectivity index (χ0) is 12.0. The Kier molecular flexibility index (Phi) is 2.11. The third-order valence-electron chi connectivity index (χ3n) is 3.48. The normalized spacial score (nSPS) is 11.4. The van der Waals surface area contributed by atoms with Gasteiger partial charge in [0.2, 0.25) is 0 Å². The van der Waals surface area contributed by atoms with Crippen LogP contribution in [0.2, 0.25) is 0 Å². The van der Waals surface area contributed by atoms with Gasteiger partial charge in [0.25, 0.3) is 0 Å². The van der Waals surface area contributed by atoms with Crippen LogP contribution in [-0.2, 0) is 6.54 Å². The summed E-state index contributed by atoms with van der Waals surface area (Å²) in [5.74, 6) is 0. The molecule has 0 atom stereocenters. The minimum atomic E-state index is 0.870. The minimum Gasteiger partial charge on any atom is -0.398 e. The van der Waals surface area contributed by atoms with Crippen molar-refractivity contribution < 1.29 is 0 Å². The van der Waals surface area contributed by atoms with Gasteiger partial charge in [-0.15, -0.1) is 0 Å². The second kappa shape index (κ2) is 3.52. The summed E-state index contributed by atoms with van der Waals surface area (Å²) in [4.78, 5) is 0. The Morgan fingerprint density at radius 3 is 2.59 bits per heavy atom. The fraction of sp³-hybridized carbons (Fsp3) is 0.200. The van der Waals surface area contributed by atoms with Crippen molar-refractivity contribution in [1.82, 2.24) is 4.57 Å². The molecule has 2 aromatic carbocycles. The lowest BCUT2D eigenvalue weighted by Gasteiger charge is -2.04. The van der Waals surface area contributed by atoms with Crippen molar-refractivity contribution >= 4 is 27.5 Å². The zero-order valence-corrected chi connectivity index (χ0v) is 10.2. The van der Waals surface area contributed by atoms with Crippen LogP contribution in [0.3, 0.4) is 0 Å². The van der Waals surface area contributed by atoms with Crippen LogP contribution in [0.5, 0.6) is 0 Å². The molecule has 2 nitrogen and oxygen atoms in total. The van der Waals surface area contributed by atoms with Gasteiger partial charge in [-0.2, -0.15) is 0 Å². The van der Waals surface area contributed by atoms with Crippen LogP contribution < -0.4 is 5.73 Å². The van der Waals surface area contributed by atoms with Crippen molar-refractivity contribution in [3.63, 3.8) is 0 Å². The highest BCUT2D eigenvalue weighted by Crippen LogP contribution is 2.31. The first-order valence-corrected chi connectivity index (χ1v) is 5.99. The smallest absolute Gasteiger partial charge is 0.0512 e. The fourth-order valence-corrected chi connectivity index (χ4v) is 2.56. The van der Waals surface area contributed by atoms with Crippen LogP contribution in [0, 0.1) is 6.92 Å². The highest BCUT2D eigenvalue weighted by atomic mass is 15.0. The predicted molar refractivity (Wildman–Crippen MR) is 74.3 cm³/mol. The minimum absolute atomic E-state index is 0.870. The van der Waals surface area contributed by atoms with Crippen molar-refractivity contribution in [3.8, 4) is 0 Å². The summed E-state index contributed by atoms with van der Waals surface area (Å²) in [5.41, 5.74) is 10.6. The second-order valence-corrected chi connectivity index (χ2v) is 4.49. The number of aromatic nitrogens is 1. The van der Waals surface area contributed by atoms with E-state index in [4.69, 9.17) is 5.73 Å². The van der Waals surface area contributed by atoms with Gasteiger partial charge >= 0.3 is 0 Å². The summed E-state index contributed by atoms with van der Waals surface area (Å²) < 4.78 is 2.32. The Labute approximate surface area is 101 Å². The number of fused-ring (bicyclic) bond motifs is 3. The van der Waals surface area contributed by atoms with Gasteiger partial charge in [-0.25, -0.2) is 0 Å². The van der Waals surface area contributed by atoms with E-state index >= 15 is 0 Å². The van der Waals surface area contributed by atoms with E-state index in [1.807, 2.05) is 0 Å². The molecule has 0 saturated heterocycles. The summed E-state index contributed by atoms with van der Waals surface area (Å²) in [5, 5.41) is 2.61. The molecular formula is C15H16N2. The van der Waals surface area contributed by atoms with Crippen molar-refractivity contribution in [2.75, 3.05) is 5.73 Å². The van der Waals surface area contributed by atoms with Crippen molar-refractivity contribution in [2.45, 2.75) is 20.4 Å². The highest BCUT2D eigenvalue weighted by molar-refractivity contribution is 6.09. The lowest BCUT2D eigenvalue weighted by Crippen LogP contribution is -1.95. The van der Waals surface area contributed by atoms with E-state index in [0.717, 1.165) is 17.8 Å². The molecule has 86 valence electrons. The third-order valence-corrected chi connectivity index (χ3v) is 3.48. The van der Waals surface area contributed by atoms with E-state index in [2.05, 4.69) is 54.8 Å². The molecule has 1 aromatic heterocycles. The molecule has 0 fully saturated rings. The van der Waals surface area contributed by atoms with Gasteiger partial charge in [-0.05, 0) is 37.6 Å². The first-order valence-electron chi connectivity index (χ1n) is 5.99. The first-order chi connectivity index (χ1) is 8.22. The molecule has 0 bridgehead atoms. The van der Waals surface area contributed by atoms with E-state index < -0.39 is 0 Å². The number of nitrogens with two attached hydrogens (primary N) is 1. The summed E-state index contributed by atoms with van der Waals surface area (Å²) in [7, 11) is 0. The number of nitrogen functional groups attached to an aromatic ring is 1. The third kappa shape index (κ3) is 1.34. The zero-order valence-electron chi connectivity index (χ0n) is 10.2. The largest absolute Gasteiger partial charge is 0.398 e. The number of nitrogens with zero attached hydrogens (tertiary/aromatic N) is 1. The van der Waals surface area contributed by atoms with Crippen LogP contribution in [0.1, 0.15) is 12.5 Å². The maximum Gasteiger partial charge on any atom is 0.0512 e. The topological polar surface area (TPSA) is 30.9 Å². The SMILES string of the molecule is CCn1c2ccccc2c2cc(C)c(N)cc21. The molecule has 0 radical (unpaired) electrons. The van der Waals surface area contributed by atoms with Crippen molar-refractivity contribution in [1.29, 1.82) is 0 Å². The van der Waals surface area contributed by atoms with E-state index in [1.165, 1.54) is 21.8 Å². The lowest BCUT2D eigenvalue weighted by atomic mass is 10.1. The van der Waals surface area contributed by atoms with E-state index in [0.29, 0.717) is 0 Å². The number of benzene rings is 2. The van der Waals surface area contributed by atoms with Gasteiger partial charge in [0.05, 0.1) is 5.52 Å². The average Bonchev–Trinajstić information content (AvgIpc) is 2.63. The Bertz CT molecular complexity index is 708. The monoisotopic (exact) mass is 224 g/mol. The molecule has 3 rings (SSSR count). The van der Waals surface area contributed by atoms with Crippen LogP contribution in [0.15, 0.2) is 36.4 Å². The molecule has 0 aliphatic heterocycles. The molecule has 2 N–H and O–H groups in total. The Balaban J connectivity index is 2.58. The van der Waals surface area contributed by atoms with E-state index in [9.17, 15) is 0 Å². The molecular weight excluding hydrogens is 208 g/mol. The number of anilines is 1. The van der Waals surface area contributed by atoms with E-state index in [1.54, 1.807) is 0 Å². The molecule has 3 aromatic rings. The molecule has 2 heteroatoms. The second-order valence-electron chi connectivity index (χ2n) is 4.49. The van der Waals surface area contributed by atoms with Gasteiger partial charge in [0.1, 0.15) is 0 Å². The number of rotatable bonds is 1. The summed E-state index contributed by atoms with van der Waals surface area (Å²) >= 11 is 0. The van der Waals surface area contributed by atoms with Gasteiger partial charge in [0.15, 0.2) is 0 Å². The molecule has 0 aliphatic rings. The van der Waals surface area contributed by atoms with Gasteiger partial charge in [0, 0.05) is 28.5 Å². The lowest BCUT2D eigenvalue weighted by molar-refractivity contribution is 0.827. The number of aryl methyl sites for hydroxylation is 2. The Hall–Kier alpha value is -1.96. The van der Waals surface area contributed by atoms with Crippen LogP contribution in [0.25, 0.3) is 21.8 Å². The molecule has 1 heterocycles. The van der Waals surface area contributed by atoms with Gasteiger partial charge in [-0.3, -0.25) is 0 Å². The molecule has 17 heavy (non-hydrogen) atoms. The molecule has 0 aliphatic carbocycles. The maximum atomic E-state index is 6.02. The number of para-hydroxylation sites is 1. The van der Waals surface area contributed by atoms with Crippen LogP contribution >= 0.6 is 0 Å². The molecule has 0 unspecified atom stereocenters. The quantitative estimate of drug-likeness (QED) is 0.628. The van der Waals surface area contributed by atoms with Crippen LogP contribution in [0.4, 0.5) is 5.69 Å². The molecule has 0 saturated carbocycles. The standard InChI is InChI=1S/C15H16N2/c1-3-17-14-7-5-4-6-11(14)12-8-10(2)13(16)9-15(12)17/h4-9H,3,16H2,1-2H3. The predicted octanol–water partition coefficient (Wildman–Crippen LogP) is 3.71. The van der Waals surface area contributed by atoms with Crippen molar-refractivity contribution in [2.24, 2.45) is 0 Å². The highest BCUT2D eigenvalue weighted by Gasteiger charge is 2.10. The fourth-order valence-electron chi connectivity index (χ4n) is 2.56. The summed E-state index contributed by atoms with van der Waals surface area (Å²) in [6, 6.07) is 12.8. The maximum absolute atomic E-state index is 6.02. The Morgan fingerprint density at radius 1 is 1.06 bits per heavy atom. The van der Waals surface area contributed by atoms with Crippen LogP contribution in [-0.4, -0.2) is 4.57 Å². The average molecular weight is 224 g/mol. The van der Waals surface area contributed by atoms with Gasteiger partial charge in [-0.1, -0.05) is 18.2 Å². The summed E-state index contributed by atoms with van der Waals surface area (Å²) in [6.45, 7) is 5.20. The first kappa shape index (κ1) is 10.2. The summed E-state index contributed by atoms with van der Waals surface area (Å²) in [6.07, 6.45) is 0. The van der Waals surface area contributed by atoms with Gasteiger partial charge < -0.3 is 10.3 Å².